The molecule has 6 rings (SSSR count). The number of ether oxygens (including phenoxy) is 3. The molecule has 0 unspecified atom stereocenters. The number of nitrogens with zero attached hydrogens (tertiary/aromatic N) is 3. The SMILES string of the molecule is CCOc1cc(C=Nn2c(-c3cc4c(OC)cccc4o3)nc3ccccc3c2=O)cc(Br)c1OCc1ccccc1Cl. The fourth-order valence-electron chi connectivity index (χ4n) is 4.67. The third-order valence-corrected chi connectivity index (χ3v) is 7.66. The molecule has 2 aromatic heterocycles. The molecule has 0 amide bonds. The molecule has 0 aliphatic rings. The van der Waals surface area contributed by atoms with Crippen LogP contribution in [0.2, 0.25) is 5.02 Å². The van der Waals surface area contributed by atoms with Crippen molar-refractivity contribution in [2.45, 2.75) is 13.5 Å². The summed E-state index contributed by atoms with van der Waals surface area (Å²) < 4.78 is 25.5. The first kappa shape index (κ1) is 28.5. The summed E-state index contributed by atoms with van der Waals surface area (Å²) in [6, 6.07) is 25.6. The lowest BCUT2D eigenvalue weighted by molar-refractivity contribution is 0.267. The van der Waals surface area contributed by atoms with E-state index in [0.717, 1.165) is 10.9 Å². The normalized spacial score (nSPS) is 11.4. The van der Waals surface area contributed by atoms with Gasteiger partial charge >= 0.3 is 0 Å². The van der Waals surface area contributed by atoms with Gasteiger partial charge in [-0.1, -0.05) is 48.0 Å². The lowest BCUT2D eigenvalue weighted by Crippen LogP contribution is -2.20. The molecule has 0 N–H and O–H groups in total. The van der Waals surface area contributed by atoms with Crippen molar-refractivity contribution in [3.63, 3.8) is 0 Å². The van der Waals surface area contributed by atoms with Gasteiger partial charge in [0.15, 0.2) is 17.3 Å². The number of halogens is 2. The van der Waals surface area contributed by atoms with E-state index in [4.69, 9.17) is 35.2 Å². The maximum Gasteiger partial charge on any atom is 0.282 e. The predicted molar refractivity (Wildman–Crippen MR) is 172 cm³/mol. The topological polar surface area (TPSA) is 88.1 Å². The molecule has 6 aromatic rings. The van der Waals surface area contributed by atoms with Gasteiger partial charge in [-0.2, -0.15) is 9.78 Å². The quantitative estimate of drug-likeness (QED) is 0.146. The summed E-state index contributed by atoms with van der Waals surface area (Å²) in [5.74, 6) is 2.32. The number of benzene rings is 4. The van der Waals surface area contributed by atoms with Gasteiger partial charge in [0, 0.05) is 10.6 Å². The van der Waals surface area contributed by atoms with E-state index >= 15 is 0 Å². The van der Waals surface area contributed by atoms with E-state index in [1.54, 1.807) is 43.7 Å². The molecule has 0 atom stereocenters. The van der Waals surface area contributed by atoms with Crippen LogP contribution in [0.1, 0.15) is 18.1 Å². The van der Waals surface area contributed by atoms with Crippen LogP contribution in [0.25, 0.3) is 33.5 Å². The van der Waals surface area contributed by atoms with Crippen molar-refractivity contribution in [1.82, 2.24) is 9.66 Å². The minimum absolute atomic E-state index is 0.252. The van der Waals surface area contributed by atoms with Crippen LogP contribution in [0.3, 0.4) is 0 Å². The van der Waals surface area contributed by atoms with Crippen LogP contribution in [0.15, 0.2) is 104 Å². The Labute approximate surface area is 260 Å². The first-order valence-corrected chi connectivity index (χ1v) is 14.6. The van der Waals surface area contributed by atoms with E-state index in [9.17, 15) is 4.79 Å². The average Bonchev–Trinajstić information content (AvgIpc) is 3.46. The summed E-state index contributed by atoms with van der Waals surface area (Å²) in [5.41, 5.74) is 2.31. The Balaban J connectivity index is 1.42. The number of furan rings is 1. The van der Waals surface area contributed by atoms with Crippen LogP contribution in [-0.4, -0.2) is 29.6 Å². The molecule has 2 heterocycles. The summed E-state index contributed by atoms with van der Waals surface area (Å²) in [6.45, 7) is 2.57. The van der Waals surface area contributed by atoms with Crippen LogP contribution >= 0.6 is 27.5 Å². The molecule has 0 spiro atoms. The second-order valence-corrected chi connectivity index (χ2v) is 10.7. The van der Waals surface area contributed by atoms with Gasteiger partial charge in [0.1, 0.15) is 17.9 Å². The smallest absolute Gasteiger partial charge is 0.282 e. The molecule has 0 saturated carbocycles. The van der Waals surface area contributed by atoms with Crippen molar-refractivity contribution in [3.8, 4) is 28.8 Å². The van der Waals surface area contributed by atoms with Crippen molar-refractivity contribution >= 4 is 55.6 Å². The van der Waals surface area contributed by atoms with Gasteiger partial charge < -0.3 is 18.6 Å². The van der Waals surface area contributed by atoms with Gasteiger partial charge in [-0.15, -0.1) is 0 Å². The van der Waals surface area contributed by atoms with Crippen LogP contribution in [0.5, 0.6) is 17.2 Å². The minimum Gasteiger partial charge on any atom is -0.496 e. The Kier molecular flexibility index (Phi) is 8.18. The second kappa shape index (κ2) is 12.3. The Morgan fingerprint density at radius 3 is 2.60 bits per heavy atom. The number of para-hydroxylation sites is 1. The molecule has 4 aromatic carbocycles. The average molecular weight is 659 g/mol. The molecule has 43 heavy (non-hydrogen) atoms. The van der Waals surface area contributed by atoms with Crippen molar-refractivity contribution in [3.05, 3.63) is 116 Å². The Morgan fingerprint density at radius 2 is 1.79 bits per heavy atom. The summed E-state index contributed by atoms with van der Waals surface area (Å²) >= 11 is 9.92. The molecule has 0 bridgehead atoms. The monoisotopic (exact) mass is 657 g/mol. The molecule has 0 aliphatic carbocycles. The van der Waals surface area contributed by atoms with E-state index in [1.165, 1.54) is 4.68 Å². The van der Waals surface area contributed by atoms with Crippen molar-refractivity contribution in [2.75, 3.05) is 13.7 Å². The summed E-state index contributed by atoms with van der Waals surface area (Å²) in [7, 11) is 1.59. The third kappa shape index (κ3) is 5.74. The van der Waals surface area contributed by atoms with Crippen LogP contribution < -0.4 is 19.8 Å². The molecular weight excluding hydrogens is 634 g/mol. The first-order valence-electron chi connectivity index (χ1n) is 13.4. The minimum atomic E-state index is -0.340. The zero-order valence-electron chi connectivity index (χ0n) is 23.2. The number of hydrogen-bond acceptors (Lipinski definition) is 7. The van der Waals surface area contributed by atoms with Gasteiger partial charge in [-0.3, -0.25) is 4.79 Å². The van der Waals surface area contributed by atoms with Crippen LogP contribution in [-0.2, 0) is 6.61 Å². The first-order chi connectivity index (χ1) is 21.0. The highest BCUT2D eigenvalue weighted by Crippen LogP contribution is 2.38. The highest BCUT2D eigenvalue weighted by atomic mass is 79.9. The number of hydrogen-bond donors (Lipinski definition) is 0. The highest BCUT2D eigenvalue weighted by Gasteiger charge is 2.18. The predicted octanol–water partition coefficient (Wildman–Crippen LogP) is 8.09. The van der Waals surface area contributed by atoms with E-state index in [1.807, 2.05) is 61.5 Å². The van der Waals surface area contributed by atoms with Crippen LogP contribution in [0.4, 0.5) is 0 Å². The molecule has 0 saturated heterocycles. The maximum atomic E-state index is 13.7. The Morgan fingerprint density at radius 1 is 0.977 bits per heavy atom. The lowest BCUT2D eigenvalue weighted by Gasteiger charge is -2.15. The van der Waals surface area contributed by atoms with Crippen molar-refractivity contribution < 1.29 is 18.6 Å². The molecular formula is C33H25BrClN3O5. The molecule has 216 valence electrons. The van der Waals surface area contributed by atoms with Gasteiger partial charge in [0.05, 0.1) is 40.7 Å². The van der Waals surface area contributed by atoms with E-state index in [0.29, 0.717) is 61.2 Å². The van der Waals surface area contributed by atoms with Crippen LogP contribution in [0, 0.1) is 0 Å². The number of aromatic nitrogens is 2. The van der Waals surface area contributed by atoms with E-state index in [-0.39, 0.29) is 18.0 Å². The van der Waals surface area contributed by atoms with Gasteiger partial charge in [-0.25, -0.2) is 4.98 Å². The van der Waals surface area contributed by atoms with Gasteiger partial charge in [0.2, 0.25) is 5.82 Å². The number of fused-ring (bicyclic) bond motifs is 2. The van der Waals surface area contributed by atoms with Gasteiger partial charge in [0.25, 0.3) is 5.56 Å². The van der Waals surface area contributed by atoms with Crippen molar-refractivity contribution in [1.29, 1.82) is 0 Å². The largest absolute Gasteiger partial charge is 0.496 e. The van der Waals surface area contributed by atoms with E-state index < -0.39 is 0 Å². The Hall–Kier alpha value is -4.60. The zero-order valence-corrected chi connectivity index (χ0v) is 25.6. The molecule has 0 radical (unpaired) electrons. The zero-order chi connectivity index (χ0) is 29.9. The summed E-state index contributed by atoms with van der Waals surface area (Å²) in [5, 5.41) is 6.39. The Bertz CT molecular complexity index is 2050. The summed E-state index contributed by atoms with van der Waals surface area (Å²) in [4.78, 5) is 18.5. The maximum absolute atomic E-state index is 13.7. The fourth-order valence-corrected chi connectivity index (χ4v) is 5.43. The molecule has 8 nitrogen and oxygen atoms in total. The van der Waals surface area contributed by atoms with Gasteiger partial charge in [-0.05, 0) is 76.9 Å². The molecule has 10 heteroatoms. The number of rotatable bonds is 9. The molecule has 0 fully saturated rings. The highest BCUT2D eigenvalue weighted by molar-refractivity contribution is 9.10. The third-order valence-electron chi connectivity index (χ3n) is 6.70. The fraction of sp³-hybridized carbons (Fsp3) is 0.121. The van der Waals surface area contributed by atoms with Crippen molar-refractivity contribution in [2.24, 2.45) is 5.10 Å². The summed E-state index contributed by atoms with van der Waals surface area (Å²) in [6.07, 6.45) is 1.57. The van der Waals surface area contributed by atoms with E-state index in [2.05, 4.69) is 21.0 Å². The molecule has 0 aliphatic heterocycles. The lowest BCUT2D eigenvalue weighted by atomic mass is 10.2. The number of methoxy groups -OCH3 is 1. The second-order valence-electron chi connectivity index (χ2n) is 9.44. The standard InChI is InChI=1S/C33H25BrClN3O5/c1-3-41-29-16-20(15-24(34)31(29)42-19-21-9-4-6-11-25(21)35)18-36-38-32(37-26-12-7-5-10-22(26)33(38)39)30-17-23-27(40-2)13-8-14-28(23)43-30/h4-18H,3,19H2,1-2H3.